The van der Waals surface area contributed by atoms with Crippen LogP contribution in [0.3, 0.4) is 0 Å². The van der Waals surface area contributed by atoms with Crippen LogP contribution >= 0.6 is 0 Å². The molecule has 1 aromatic carbocycles. The van der Waals surface area contributed by atoms with Gasteiger partial charge in [0.1, 0.15) is 5.75 Å². The van der Waals surface area contributed by atoms with E-state index in [2.05, 4.69) is 15.2 Å². The van der Waals surface area contributed by atoms with Gasteiger partial charge in [0.15, 0.2) is 5.82 Å². The molecule has 1 N–H and O–H groups in total. The highest BCUT2D eigenvalue weighted by molar-refractivity contribution is 6.05. The molecule has 1 amide bonds. The molecular formula is C21H25N3O2. The summed E-state index contributed by atoms with van der Waals surface area (Å²) >= 11 is 0. The number of benzene rings is 1. The number of pyridine rings is 1. The standard InChI is InChI=1S/C21H25N3O2/c25-21(17-8-10-18(11-9-17)26-15-16-6-7-16)23-19-5-4-12-22-20(19)24-13-2-1-3-14-24/h4-5,8-12,16H,1-3,6-7,13-15H2,(H,23,25). The summed E-state index contributed by atoms with van der Waals surface area (Å²) in [6.07, 6.45) is 7.93. The Morgan fingerprint density at radius 2 is 1.88 bits per heavy atom. The number of hydrogen-bond acceptors (Lipinski definition) is 4. The summed E-state index contributed by atoms with van der Waals surface area (Å²) < 4.78 is 5.73. The van der Waals surface area contributed by atoms with E-state index in [0.717, 1.165) is 42.9 Å². The number of carbonyl (C=O) groups is 1. The van der Waals surface area contributed by atoms with Crippen molar-refractivity contribution in [3.05, 3.63) is 48.2 Å². The van der Waals surface area contributed by atoms with Gasteiger partial charge in [0, 0.05) is 24.8 Å². The SMILES string of the molecule is O=C(Nc1cccnc1N1CCCCC1)c1ccc(OCC2CC2)cc1. The smallest absolute Gasteiger partial charge is 0.255 e. The van der Waals surface area contributed by atoms with Gasteiger partial charge in [-0.05, 0) is 74.4 Å². The quantitative estimate of drug-likeness (QED) is 0.851. The number of rotatable bonds is 6. The van der Waals surface area contributed by atoms with Gasteiger partial charge in [0.2, 0.25) is 0 Å². The molecule has 26 heavy (non-hydrogen) atoms. The molecule has 0 bridgehead atoms. The molecule has 2 aliphatic rings. The zero-order valence-corrected chi connectivity index (χ0v) is 15.0. The van der Waals surface area contributed by atoms with Gasteiger partial charge in [-0.25, -0.2) is 4.98 Å². The minimum Gasteiger partial charge on any atom is -0.493 e. The van der Waals surface area contributed by atoms with Crippen molar-refractivity contribution in [3.63, 3.8) is 0 Å². The molecule has 1 saturated heterocycles. The van der Waals surface area contributed by atoms with Gasteiger partial charge in [0.25, 0.3) is 5.91 Å². The first-order chi connectivity index (χ1) is 12.8. The van der Waals surface area contributed by atoms with Crippen molar-refractivity contribution >= 4 is 17.4 Å². The third kappa shape index (κ3) is 4.15. The summed E-state index contributed by atoms with van der Waals surface area (Å²) in [4.78, 5) is 19.4. The number of piperidine rings is 1. The Labute approximate surface area is 154 Å². The predicted octanol–water partition coefficient (Wildman–Crippen LogP) is 4.11. The molecular weight excluding hydrogens is 326 g/mol. The van der Waals surface area contributed by atoms with Crippen LogP contribution in [0.1, 0.15) is 42.5 Å². The average molecular weight is 351 g/mol. The van der Waals surface area contributed by atoms with Crippen molar-refractivity contribution < 1.29 is 9.53 Å². The van der Waals surface area contributed by atoms with Crippen molar-refractivity contribution in [1.82, 2.24) is 4.98 Å². The van der Waals surface area contributed by atoms with Crippen LogP contribution < -0.4 is 15.0 Å². The van der Waals surface area contributed by atoms with Crippen molar-refractivity contribution in [3.8, 4) is 5.75 Å². The fourth-order valence-corrected chi connectivity index (χ4v) is 3.25. The third-order valence-corrected chi connectivity index (χ3v) is 4.99. The molecule has 2 aromatic rings. The lowest BCUT2D eigenvalue weighted by Gasteiger charge is -2.29. The Balaban J connectivity index is 1.42. The van der Waals surface area contributed by atoms with E-state index in [9.17, 15) is 4.79 Å². The Morgan fingerprint density at radius 3 is 2.62 bits per heavy atom. The summed E-state index contributed by atoms with van der Waals surface area (Å²) in [6, 6.07) is 11.1. The van der Waals surface area contributed by atoms with E-state index in [1.54, 1.807) is 6.20 Å². The highest BCUT2D eigenvalue weighted by atomic mass is 16.5. The van der Waals surface area contributed by atoms with Crippen LogP contribution in [0.25, 0.3) is 0 Å². The molecule has 2 fully saturated rings. The van der Waals surface area contributed by atoms with Gasteiger partial charge >= 0.3 is 0 Å². The summed E-state index contributed by atoms with van der Waals surface area (Å²) in [5, 5.41) is 3.02. The van der Waals surface area contributed by atoms with E-state index in [4.69, 9.17) is 4.74 Å². The molecule has 0 atom stereocenters. The molecule has 0 radical (unpaired) electrons. The number of amides is 1. The average Bonchev–Trinajstić information content (AvgIpc) is 3.52. The number of anilines is 2. The van der Waals surface area contributed by atoms with E-state index in [1.165, 1.54) is 32.1 Å². The zero-order chi connectivity index (χ0) is 17.8. The summed E-state index contributed by atoms with van der Waals surface area (Å²) in [5.74, 6) is 2.29. The van der Waals surface area contributed by atoms with Crippen LogP contribution in [0, 0.1) is 5.92 Å². The van der Waals surface area contributed by atoms with E-state index in [1.807, 2.05) is 36.4 Å². The van der Waals surface area contributed by atoms with Crippen LogP contribution in [-0.2, 0) is 0 Å². The lowest BCUT2D eigenvalue weighted by atomic mass is 10.1. The predicted molar refractivity (Wildman–Crippen MR) is 103 cm³/mol. The molecule has 0 unspecified atom stereocenters. The lowest BCUT2D eigenvalue weighted by Crippen LogP contribution is -2.31. The van der Waals surface area contributed by atoms with Crippen LogP contribution in [0.2, 0.25) is 0 Å². The highest BCUT2D eigenvalue weighted by Gasteiger charge is 2.22. The lowest BCUT2D eigenvalue weighted by molar-refractivity contribution is 0.102. The molecule has 1 saturated carbocycles. The molecule has 1 aliphatic heterocycles. The summed E-state index contributed by atoms with van der Waals surface area (Å²) in [6.45, 7) is 2.76. The molecule has 136 valence electrons. The Bertz CT molecular complexity index is 750. The van der Waals surface area contributed by atoms with Crippen molar-refractivity contribution in [1.29, 1.82) is 0 Å². The topological polar surface area (TPSA) is 54.5 Å². The molecule has 5 nitrogen and oxygen atoms in total. The third-order valence-electron chi connectivity index (χ3n) is 4.99. The van der Waals surface area contributed by atoms with Gasteiger partial charge in [-0.15, -0.1) is 0 Å². The normalized spacial score (nSPS) is 17.0. The minimum atomic E-state index is -0.120. The molecule has 1 aliphatic carbocycles. The maximum Gasteiger partial charge on any atom is 0.255 e. The summed E-state index contributed by atoms with van der Waals surface area (Å²) in [7, 11) is 0. The van der Waals surface area contributed by atoms with E-state index >= 15 is 0 Å². The second kappa shape index (κ2) is 7.77. The molecule has 0 spiro atoms. The largest absolute Gasteiger partial charge is 0.493 e. The molecule has 5 heteroatoms. The van der Waals surface area contributed by atoms with Crippen molar-refractivity contribution in [2.75, 3.05) is 29.9 Å². The Kier molecular flexibility index (Phi) is 5.04. The van der Waals surface area contributed by atoms with E-state index in [0.29, 0.717) is 5.56 Å². The molecule has 4 rings (SSSR count). The van der Waals surface area contributed by atoms with Gasteiger partial charge < -0.3 is 15.0 Å². The number of aromatic nitrogens is 1. The second-order valence-electron chi connectivity index (χ2n) is 7.16. The fraction of sp³-hybridized carbons (Fsp3) is 0.429. The first-order valence-corrected chi connectivity index (χ1v) is 9.54. The van der Waals surface area contributed by atoms with Crippen molar-refractivity contribution in [2.24, 2.45) is 5.92 Å². The van der Waals surface area contributed by atoms with Crippen molar-refractivity contribution in [2.45, 2.75) is 32.1 Å². The van der Waals surface area contributed by atoms with E-state index < -0.39 is 0 Å². The molecule has 2 heterocycles. The van der Waals surface area contributed by atoms with Gasteiger partial charge in [-0.1, -0.05) is 0 Å². The number of nitrogens with one attached hydrogen (secondary N) is 1. The fourth-order valence-electron chi connectivity index (χ4n) is 3.25. The first-order valence-electron chi connectivity index (χ1n) is 9.54. The monoisotopic (exact) mass is 351 g/mol. The summed E-state index contributed by atoms with van der Waals surface area (Å²) in [5.41, 5.74) is 1.39. The Morgan fingerprint density at radius 1 is 1.12 bits per heavy atom. The molecule has 1 aromatic heterocycles. The van der Waals surface area contributed by atoms with Gasteiger partial charge in [0.05, 0.1) is 12.3 Å². The number of ether oxygens (including phenoxy) is 1. The van der Waals surface area contributed by atoms with Crippen LogP contribution in [-0.4, -0.2) is 30.6 Å². The minimum absolute atomic E-state index is 0.120. The Hall–Kier alpha value is -2.56. The van der Waals surface area contributed by atoms with Crippen LogP contribution in [0.5, 0.6) is 5.75 Å². The maximum absolute atomic E-state index is 12.6. The van der Waals surface area contributed by atoms with E-state index in [-0.39, 0.29) is 5.91 Å². The van der Waals surface area contributed by atoms with Crippen LogP contribution in [0.4, 0.5) is 11.5 Å². The van der Waals surface area contributed by atoms with Gasteiger partial charge in [-0.3, -0.25) is 4.79 Å². The number of hydrogen-bond donors (Lipinski definition) is 1. The van der Waals surface area contributed by atoms with Crippen LogP contribution in [0.15, 0.2) is 42.6 Å². The number of nitrogens with zero attached hydrogens (tertiary/aromatic N) is 2. The van der Waals surface area contributed by atoms with Gasteiger partial charge in [-0.2, -0.15) is 0 Å². The number of carbonyl (C=O) groups excluding carboxylic acids is 1. The second-order valence-corrected chi connectivity index (χ2v) is 7.16. The first kappa shape index (κ1) is 16.9. The zero-order valence-electron chi connectivity index (χ0n) is 15.0. The maximum atomic E-state index is 12.6. The highest BCUT2D eigenvalue weighted by Crippen LogP contribution is 2.30.